The van der Waals surface area contributed by atoms with Crippen molar-refractivity contribution in [1.29, 1.82) is 0 Å². The first-order valence-electron chi connectivity index (χ1n) is 5.07. The summed E-state index contributed by atoms with van der Waals surface area (Å²) in [5.41, 5.74) is 8.08. The molecule has 0 aliphatic carbocycles. The van der Waals surface area contributed by atoms with E-state index < -0.39 is 0 Å². The van der Waals surface area contributed by atoms with E-state index in [2.05, 4.69) is 10.3 Å². The number of H-pyrrole nitrogens is 1. The molecule has 0 saturated heterocycles. The van der Waals surface area contributed by atoms with E-state index in [0.29, 0.717) is 22.1 Å². The zero-order valence-corrected chi connectivity index (χ0v) is 10.0. The first-order chi connectivity index (χ1) is 8.06. The Labute approximate surface area is 104 Å². The Morgan fingerprint density at radius 1 is 1.41 bits per heavy atom. The summed E-state index contributed by atoms with van der Waals surface area (Å²) in [5, 5.41) is 3.35. The average molecular weight is 250 g/mol. The fourth-order valence-electron chi connectivity index (χ4n) is 1.41. The van der Waals surface area contributed by atoms with Crippen LogP contribution in [-0.2, 0) is 0 Å². The predicted octanol–water partition coefficient (Wildman–Crippen LogP) is 2.81. The van der Waals surface area contributed by atoms with Crippen LogP contribution in [0.5, 0.6) is 0 Å². The van der Waals surface area contributed by atoms with Crippen LogP contribution in [0.1, 0.15) is 16.1 Å². The standard InChI is InChI=1S/C12H12ClN3O/c1-7-2-3-9(5-10(7)13)16-12(17)11-4-8(14)6-15-11/h2-6,15H,14H2,1H3,(H,16,17). The summed E-state index contributed by atoms with van der Waals surface area (Å²) >= 11 is 5.97. The van der Waals surface area contributed by atoms with Gasteiger partial charge in [0.15, 0.2) is 0 Å². The molecule has 0 bridgehead atoms. The number of rotatable bonds is 2. The minimum Gasteiger partial charge on any atom is -0.397 e. The summed E-state index contributed by atoms with van der Waals surface area (Å²) < 4.78 is 0. The molecule has 0 unspecified atom stereocenters. The lowest BCUT2D eigenvalue weighted by Crippen LogP contribution is -2.12. The minimum absolute atomic E-state index is 0.249. The second-order valence-electron chi connectivity index (χ2n) is 3.76. The molecule has 0 radical (unpaired) electrons. The zero-order chi connectivity index (χ0) is 12.4. The summed E-state index contributed by atoms with van der Waals surface area (Å²) in [5.74, 6) is -0.249. The number of anilines is 2. The quantitative estimate of drug-likeness (QED) is 0.766. The topological polar surface area (TPSA) is 70.9 Å². The molecule has 1 amide bonds. The molecule has 0 aliphatic heterocycles. The molecule has 1 aromatic carbocycles. The molecule has 1 heterocycles. The molecule has 1 aromatic heterocycles. The third-order valence-corrected chi connectivity index (χ3v) is 2.79. The first kappa shape index (κ1) is 11.5. The lowest BCUT2D eigenvalue weighted by molar-refractivity contribution is 0.102. The molecule has 88 valence electrons. The normalized spacial score (nSPS) is 10.2. The first-order valence-corrected chi connectivity index (χ1v) is 5.45. The highest BCUT2D eigenvalue weighted by atomic mass is 35.5. The van der Waals surface area contributed by atoms with Crippen molar-refractivity contribution in [2.24, 2.45) is 0 Å². The zero-order valence-electron chi connectivity index (χ0n) is 9.25. The van der Waals surface area contributed by atoms with Crippen molar-refractivity contribution in [3.05, 3.63) is 46.7 Å². The van der Waals surface area contributed by atoms with Crippen LogP contribution in [0.3, 0.4) is 0 Å². The number of aromatic amines is 1. The van der Waals surface area contributed by atoms with Gasteiger partial charge in [0, 0.05) is 22.6 Å². The van der Waals surface area contributed by atoms with Gasteiger partial charge in [0.2, 0.25) is 0 Å². The van der Waals surface area contributed by atoms with Gasteiger partial charge in [-0.05, 0) is 30.7 Å². The lowest BCUT2D eigenvalue weighted by atomic mass is 10.2. The van der Waals surface area contributed by atoms with Crippen molar-refractivity contribution >= 4 is 28.9 Å². The van der Waals surface area contributed by atoms with E-state index in [-0.39, 0.29) is 5.91 Å². The Kier molecular flexibility index (Phi) is 3.06. The number of hydrogen-bond acceptors (Lipinski definition) is 2. The van der Waals surface area contributed by atoms with E-state index in [4.69, 9.17) is 17.3 Å². The van der Waals surface area contributed by atoms with E-state index in [0.717, 1.165) is 5.56 Å². The van der Waals surface area contributed by atoms with Crippen molar-refractivity contribution in [2.45, 2.75) is 6.92 Å². The fourth-order valence-corrected chi connectivity index (χ4v) is 1.59. The van der Waals surface area contributed by atoms with Crippen LogP contribution in [0.25, 0.3) is 0 Å². The van der Waals surface area contributed by atoms with Crippen molar-refractivity contribution in [3.8, 4) is 0 Å². The van der Waals surface area contributed by atoms with Gasteiger partial charge < -0.3 is 16.0 Å². The average Bonchev–Trinajstić information content (AvgIpc) is 2.70. The van der Waals surface area contributed by atoms with E-state index in [1.165, 1.54) is 0 Å². The van der Waals surface area contributed by atoms with E-state index in [1.54, 1.807) is 24.4 Å². The van der Waals surface area contributed by atoms with Gasteiger partial charge in [0.25, 0.3) is 5.91 Å². The fraction of sp³-hybridized carbons (Fsp3) is 0.0833. The third-order valence-electron chi connectivity index (χ3n) is 2.38. The SMILES string of the molecule is Cc1ccc(NC(=O)c2cc(N)c[nH]2)cc1Cl. The molecular weight excluding hydrogens is 238 g/mol. The number of hydrogen-bond donors (Lipinski definition) is 3. The number of carbonyl (C=O) groups is 1. The number of aromatic nitrogens is 1. The number of aryl methyl sites for hydroxylation is 1. The molecule has 2 rings (SSSR count). The maximum atomic E-state index is 11.8. The van der Waals surface area contributed by atoms with Crippen LogP contribution >= 0.6 is 11.6 Å². The molecule has 0 spiro atoms. The summed E-state index contributed by atoms with van der Waals surface area (Å²) in [6, 6.07) is 6.93. The highest BCUT2D eigenvalue weighted by molar-refractivity contribution is 6.31. The number of amides is 1. The van der Waals surface area contributed by atoms with Crippen LogP contribution in [0, 0.1) is 6.92 Å². The van der Waals surface area contributed by atoms with E-state index in [9.17, 15) is 4.79 Å². The molecular formula is C12H12ClN3O. The number of nitrogen functional groups attached to an aromatic ring is 1. The molecule has 0 aliphatic rings. The number of nitrogens with one attached hydrogen (secondary N) is 2. The highest BCUT2D eigenvalue weighted by Gasteiger charge is 2.08. The number of halogens is 1. The van der Waals surface area contributed by atoms with Gasteiger partial charge in [0.1, 0.15) is 5.69 Å². The third kappa shape index (κ3) is 2.60. The number of benzene rings is 1. The second-order valence-corrected chi connectivity index (χ2v) is 4.17. The predicted molar refractivity (Wildman–Crippen MR) is 69.3 cm³/mol. The van der Waals surface area contributed by atoms with Gasteiger partial charge in [-0.3, -0.25) is 4.79 Å². The van der Waals surface area contributed by atoms with Crippen molar-refractivity contribution in [1.82, 2.24) is 4.98 Å². The largest absolute Gasteiger partial charge is 0.397 e. The molecule has 17 heavy (non-hydrogen) atoms. The number of carbonyl (C=O) groups excluding carboxylic acids is 1. The molecule has 0 fully saturated rings. The van der Waals surface area contributed by atoms with Crippen LogP contribution in [-0.4, -0.2) is 10.9 Å². The van der Waals surface area contributed by atoms with Gasteiger partial charge in [-0.25, -0.2) is 0 Å². The molecule has 4 nitrogen and oxygen atoms in total. The number of nitrogens with two attached hydrogens (primary N) is 1. The molecule has 2 aromatic rings. The smallest absolute Gasteiger partial charge is 0.272 e. The Morgan fingerprint density at radius 3 is 2.76 bits per heavy atom. The van der Waals surface area contributed by atoms with Crippen LogP contribution in [0.2, 0.25) is 5.02 Å². The Bertz CT molecular complexity index is 563. The Balaban J connectivity index is 2.15. The van der Waals surface area contributed by atoms with Gasteiger partial charge in [-0.15, -0.1) is 0 Å². The van der Waals surface area contributed by atoms with Crippen molar-refractivity contribution in [3.63, 3.8) is 0 Å². The minimum atomic E-state index is -0.249. The van der Waals surface area contributed by atoms with Gasteiger partial charge in [-0.2, -0.15) is 0 Å². The van der Waals surface area contributed by atoms with E-state index >= 15 is 0 Å². The van der Waals surface area contributed by atoms with Crippen LogP contribution in [0.4, 0.5) is 11.4 Å². The van der Waals surface area contributed by atoms with E-state index in [1.807, 2.05) is 13.0 Å². The molecule has 5 heteroatoms. The maximum absolute atomic E-state index is 11.8. The van der Waals surface area contributed by atoms with Crippen molar-refractivity contribution in [2.75, 3.05) is 11.1 Å². The highest BCUT2D eigenvalue weighted by Crippen LogP contribution is 2.20. The second kappa shape index (κ2) is 4.51. The van der Waals surface area contributed by atoms with Gasteiger partial charge >= 0.3 is 0 Å². The molecule has 0 atom stereocenters. The summed E-state index contributed by atoms with van der Waals surface area (Å²) in [6.45, 7) is 1.90. The lowest BCUT2D eigenvalue weighted by Gasteiger charge is -2.05. The van der Waals surface area contributed by atoms with Crippen LogP contribution < -0.4 is 11.1 Å². The monoisotopic (exact) mass is 249 g/mol. The Hall–Kier alpha value is -1.94. The van der Waals surface area contributed by atoms with Crippen LogP contribution in [0.15, 0.2) is 30.5 Å². The Morgan fingerprint density at radius 2 is 2.18 bits per heavy atom. The molecule has 4 N–H and O–H groups in total. The van der Waals surface area contributed by atoms with Gasteiger partial charge in [-0.1, -0.05) is 17.7 Å². The maximum Gasteiger partial charge on any atom is 0.272 e. The summed E-state index contributed by atoms with van der Waals surface area (Å²) in [7, 11) is 0. The van der Waals surface area contributed by atoms with Crippen molar-refractivity contribution < 1.29 is 4.79 Å². The summed E-state index contributed by atoms with van der Waals surface area (Å²) in [4.78, 5) is 14.6. The summed E-state index contributed by atoms with van der Waals surface area (Å²) in [6.07, 6.45) is 1.57. The molecule has 0 saturated carbocycles. The van der Waals surface area contributed by atoms with Gasteiger partial charge in [0.05, 0.1) is 0 Å².